The minimum atomic E-state index is -3.86. The number of anilines is 3. The lowest BCUT2D eigenvalue weighted by molar-refractivity contribution is 0.598. The van der Waals surface area contributed by atoms with Crippen LogP contribution < -0.4 is 16.2 Å². The quantitative estimate of drug-likeness (QED) is 0.721. The topological polar surface area (TPSA) is 98.2 Å². The molecule has 0 radical (unpaired) electrons. The van der Waals surface area contributed by atoms with Gasteiger partial charge in [-0.25, -0.2) is 13.6 Å². The first-order chi connectivity index (χ1) is 9.81. The van der Waals surface area contributed by atoms with Crippen LogP contribution in [0.3, 0.4) is 0 Å². The summed E-state index contributed by atoms with van der Waals surface area (Å²) in [5, 5.41) is 8.36. The summed E-state index contributed by atoms with van der Waals surface area (Å²) in [6.07, 6.45) is 0.807. The summed E-state index contributed by atoms with van der Waals surface area (Å²) in [6.45, 7) is 2.02. The van der Waals surface area contributed by atoms with Crippen LogP contribution in [0.1, 0.15) is 12.5 Å². The third-order valence-electron chi connectivity index (χ3n) is 3.03. The fourth-order valence-corrected chi connectivity index (χ4v) is 3.13. The highest BCUT2D eigenvalue weighted by Gasteiger charge is 2.15. The van der Waals surface area contributed by atoms with Gasteiger partial charge in [0.1, 0.15) is 4.90 Å². The Hall–Kier alpha value is -1.57. The van der Waals surface area contributed by atoms with E-state index in [1.807, 2.05) is 25.1 Å². The van der Waals surface area contributed by atoms with Gasteiger partial charge in [-0.15, -0.1) is 0 Å². The third kappa shape index (κ3) is 3.75. The van der Waals surface area contributed by atoms with Crippen LogP contribution >= 0.6 is 15.9 Å². The molecule has 2 aromatic rings. The molecule has 0 fully saturated rings. The number of aryl methyl sites for hydroxylation is 1. The molecule has 0 aliphatic rings. The molecule has 0 aliphatic carbocycles. The number of hydrogen-bond donors (Lipinski definition) is 3. The Balaban J connectivity index is 2.50. The summed E-state index contributed by atoms with van der Waals surface area (Å²) in [5.74, 6) is 0. The van der Waals surface area contributed by atoms with E-state index in [1.54, 1.807) is 12.1 Å². The van der Waals surface area contributed by atoms with Crippen molar-refractivity contribution < 1.29 is 8.42 Å². The van der Waals surface area contributed by atoms with Crippen LogP contribution in [0.4, 0.5) is 17.1 Å². The van der Waals surface area contributed by atoms with Crippen molar-refractivity contribution in [1.29, 1.82) is 0 Å². The van der Waals surface area contributed by atoms with Crippen molar-refractivity contribution >= 4 is 43.0 Å². The molecule has 0 unspecified atom stereocenters. The number of nitrogens with one attached hydrogen (secondary N) is 1. The van der Waals surface area contributed by atoms with Gasteiger partial charge in [-0.1, -0.05) is 22.9 Å². The van der Waals surface area contributed by atoms with Crippen molar-refractivity contribution in [2.24, 2.45) is 5.14 Å². The van der Waals surface area contributed by atoms with Gasteiger partial charge in [-0.2, -0.15) is 0 Å². The summed E-state index contributed by atoms with van der Waals surface area (Å²) >= 11 is 3.42. The zero-order valence-corrected chi connectivity index (χ0v) is 13.8. The van der Waals surface area contributed by atoms with Gasteiger partial charge in [0.2, 0.25) is 10.0 Å². The molecule has 0 atom stereocenters. The molecule has 0 spiro atoms. The third-order valence-corrected chi connectivity index (χ3v) is 4.47. The minimum Gasteiger partial charge on any atom is -0.399 e. The van der Waals surface area contributed by atoms with E-state index in [0.29, 0.717) is 11.4 Å². The molecule has 112 valence electrons. The first-order valence-corrected chi connectivity index (χ1v) is 8.63. The number of primary sulfonamides is 1. The van der Waals surface area contributed by atoms with Crippen LogP contribution in [0.2, 0.25) is 0 Å². The first kappa shape index (κ1) is 15.8. The van der Waals surface area contributed by atoms with Gasteiger partial charge in [-0.05, 0) is 48.4 Å². The number of sulfonamides is 1. The molecule has 0 bridgehead atoms. The standard InChI is InChI=1S/C14H16BrN3O2S/c1-2-9-7-10(15)3-5-12(9)18-13-6-4-11(16)8-14(13)21(17,19)20/h3-8,18H,2,16H2,1H3,(H2,17,19,20). The fourth-order valence-electron chi connectivity index (χ4n) is 2.00. The van der Waals surface area contributed by atoms with Crippen molar-refractivity contribution in [3.63, 3.8) is 0 Å². The Morgan fingerprint density at radius 1 is 1.14 bits per heavy atom. The average Bonchev–Trinajstić information content (AvgIpc) is 2.41. The number of nitrogen functional groups attached to an aromatic ring is 1. The molecule has 5 N–H and O–H groups in total. The highest BCUT2D eigenvalue weighted by atomic mass is 79.9. The van der Waals surface area contributed by atoms with Crippen LogP contribution in [0.5, 0.6) is 0 Å². The minimum absolute atomic E-state index is 0.0209. The molecule has 0 aromatic heterocycles. The Morgan fingerprint density at radius 3 is 2.43 bits per heavy atom. The Kier molecular flexibility index (Phi) is 4.55. The SMILES string of the molecule is CCc1cc(Br)ccc1Nc1ccc(N)cc1S(N)(=O)=O. The first-order valence-electron chi connectivity index (χ1n) is 6.29. The van der Waals surface area contributed by atoms with Crippen LogP contribution in [0.25, 0.3) is 0 Å². The van der Waals surface area contributed by atoms with E-state index in [9.17, 15) is 8.42 Å². The normalized spacial score (nSPS) is 11.4. The van der Waals surface area contributed by atoms with Crippen molar-refractivity contribution in [3.05, 3.63) is 46.4 Å². The highest BCUT2D eigenvalue weighted by molar-refractivity contribution is 9.10. The number of hydrogen-bond acceptors (Lipinski definition) is 4. The maximum Gasteiger partial charge on any atom is 0.240 e. The lowest BCUT2D eigenvalue weighted by Crippen LogP contribution is -2.14. The molecular weight excluding hydrogens is 354 g/mol. The maximum absolute atomic E-state index is 11.7. The molecular formula is C14H16BrN3O2S. The van der Waals surface area contributed by atoms with Gasteiger partial charge in [0, 0.05) is 15.8 Å². The number of benzene rings is 2. The van der Waals surface area contributed by atoms with Crippen molar-refractivity contribution in [2.75, 3.05) is 11.1 Å². The second-order valence-electron chi connectivity index (χ2n) is 4.58. The average molecular weight is 370 g/mol. The van der Waals surface area contributed by atoms with E-state index in [1.165, 1.54) is 6.07 Å². The van der Waals surface area contributed by atoms with Gasteiger partial charge in [0.25, 0.3) is 0 Å². The second kappa shape index (κ2) is 6.05. The molecule has 2 rings (SSSR count). The molecule has 0 heterocycles. The predicted molar refractivity (Wildman–Crippen MR) is 89.0 cm³/mol. The van der Waals surface area contributed by atoms with E-state index in [-0.39, 0.29) is 4.90 Å². The maximum atomic E-state index is 11.7. The summed E-state index contributed by atoms with van der Waals surface area (Å²) in [7, 11) is -3.86. The van der Waals surface area contributed by atoms with E-state index in [4.69, 9.17) is 10.9 Å². The van der Waals surface area contributed by atoms with Crippen molar-refractivity contribution in [2.45, 2.75) is 18.2 Å². The zero-order valence-electron chi connectivity index (χ0n) is 11.4. The molecule has 5 nitrogen and oxygen atoms in total. The predicted octanol–water partition coefficient (Wildman–Crippen LogP) is 2.98. The van der Waals surface area contributed by atoms with Crippen LogP contribution in [-0.2, 0) is 16.4 Å². The summed E-state index contributed by atoms with van der Waals surface area (Å²) in [6, 6.07) is 10.3. The van der Waals surface area contributed by atoms with Gasteiger partial charge in [-0.3, -0.25) is 0 Å². The largest absolute Gasteiger partial charge is 0.399 e. The molecule has 0 aliphatic heterocycles. The molecule has 0 saturated carbocycles. The Labute approximate surface area is 132 Å². The van der Waals surface area contributed by atoms with E-state index in [0.717, 1.165) is 22.1 Å². The van der Waals surface area contributed by atoms with Crippen LogP contribution in [0, 0.1) is 0 Å². The van der Waals surface area contributed by atoms with Gasteiger partial charge < -0.3 is 11.1 Å². The van der Waals surface area contributed by atoms with E-state index >= 15 is 0 Å². The van der Waals surface area contributed by atoms with Gasteiger partial charge in [0.05, 0.1) is 5.69 Å². The van der Waals surface area contributed by atoms with Gasteiger partial charge >= 0.3 is 0 Å². The smallest absolute Gasteiger partial charge is 0.240 e. The van der Waals surface area contributed by atoms with E-state index in [2.05, 4.69) is 21.2 Å². The number of nitrogens with two attached hydrogens (primary N) is 2. The highest BCUT2D eigenvalue weighted by Crippen LogP contribution is 2.29. The second-order valence-corrected chi connectivity index (χ2v) is 7.03. The fraction of sp³-hybridized carbons (Fsp3) is 0.143. The van der Waals surface area contributed by atoms with Crippen molar-refractivity contribution in [3.8, 4) is 0 Å². The number of halogens is 1. The van der Waals surface area contributed by atoms with Crippen LogP contribution in [-0.4, -0.2) is 8.42 Å². The Bertz CT molecular complexity index is 776. The lowest BCUT2D eigenvalue weighted by Gasteiger charge is -2.14. The Morgan fingerprint density at radius 2 is 1.81 bits per heavy atom. The van der Waals surface area contributed by atoms with E-state index < -0.39 is 10.0 Å². The number of rotatable bonds is 4. The van der Waals surface area contributed by atoms with Gasteiger partial charge in [0.15, 0.2) is 0 Å². The van der Waals surface area contributed by atoms with Crippen LogP contribution in [0.15, 0.2) is 45.8 Å². The molecule has 7 heteroatoms. The molecule has 2 aromatic carbocycles. The summed E-state index contributed by atoms with van der Waals surface area (Å²) in [5.41, 5.74) is 8.28. The molecule has 0 amide bonds. The monoisotopic (exact) mass is 369 g/mol. The molecule has 0 saturated heterocycles. The summed E-state index contributed by atoms with van der Waals surface area (Å²) < 4.78 is 24.3. The zero-order chi connectivity index (χ0) is 15.6. The van der Waals surface area contributed by atoms with Crippen molar-refractivity contribution in [1.82, 2.24) is 0 Å². The lowest BCUT2D eigenvalue weighted by atomic mass is 10.1. The molecule has 21 heavy (non-hydrogen) atoms. The summed E-state index contributed by atoms with van der Waals surface area (Å²) in [4.78, 5) is -0.0209.